The quantitative estimate of drug-likeness (QED) is 0.623. The Morgan fingerprint density at radius 3 is 3.00 bits per heavy atom. The SMILES string of the molecule is Fc1cccc2cc(-c3nccs3)oc12. The van der Waals surface area contributed by atoms with E-state index in [1.54, 1.807) is 18.3 Å². The summed E-state index contributed by atoms with van der Waals surface area (Å²) in [5, 5.41) is 3.39. The molecule has 0 atom stereocenters. The number of nitrogens with zero attached hydrogens (tertiary/aromatic N) is 1. The molecule has 0 aliphatic rings. The normalized spacial score (nSPS) is 11.0. The average molecular weight is 219 g/mol. The van der Waals surface area contributed by atoms with Gasteiger partial charge in [0.05, 0.1) is 0 Å². The number of hydrogen-bond acceptors (Lipinski definition) is 3. The van der Waals surface area contributed by atoms with Crippen molar-refractivity contribution < 1.29 is 8.81 Å². The Balaban J connectivity index is 2.27. The molecule has 1 aromatic carbocycles. The van der Waals surface area contributed by atoms with Crippen LogP contribution >= 0.6 is 11.3 Å². The van der Waals surface area contributed by atoms with Crippen LogP contribution in [0.15, 0.2) is 40.3 Å². The van der Waals surface area contributed by atoms with Crippen LogP contribution in [0, 0.1) is 5.82 Å². The van der Waals surface area contributed by atoms with E-state index in [1.165, 1.54) is 17.4 Å². The van der Waals surface area contributed by atoms with Gasteiger partial charge in [-0.2, -0.15) is 0 Å². The van der Waals surface area contributed by atoms with E-state index in [1.807, 2.05) is 11.4 Å². The first kappa shape index (κ1) is 8.61. The van der Waals surface area contributed by atoms with Crippen LogP contribution < -0.4 is 0 Å². The molecule has 0 bridgehead atoms. The van der Waals surface area contributed by atoms with Crippen molar-refractivity contribution in [2.24, 2.45) is 0 Å². The fourth-order valence-corrected chi connectivity index (χ4v) is 2.07. The molecule has 0 aliphatic carbocycles. The molecular weight excluding hydrogens is 213 g/mol. The molecule has 0 amide bonds. The Morgan fingerprint density at radius 1 is 1.33 bits per heavy atom. The minimum absolute atomic E-state index is 0.294. The zero-order valence-corrected chi connectivity index (χ0v) is 8.42. The Kier molecular flexibility index (Phi) is 1.82. The van der Waals surface area contributed by atoms with Crippen LogP contribution in [0.2, 0.25) is 0 Å². The highest BCUT2D eigenvalue weighted by Crippen LogP contribution is 2.30. The second-order valence-corrected chi connectivity index (χ2v) is 4.00. The standard InChI is InChI=1S/C11H6FNOS/c12-8-3-1-2-7-6-9(14-10(7)8)11-13-4-5-15-11/h1-6H. The zero-order chi connectivity index (χ0) is 10.3. The van der Waals surface area contributed by atoms with Crippen molar-refractivity contribution in [1.29, 1.82) is 0 Å². The number of rotatable bonds is 1. The van der Waals surface area contributed by atoms with Gasteiger partial charge in [-0.25, -0.2) is 9.37 Å². The predicted octanol–water partition coefficient (Wildman–Crippen LogP) is 3.70. The maximum atomic E-state index is 13.3. The molecule has 0 N–H and O–H groups in total. The maximum Gasteiger partial charge on any atom is 0.170 e. The van der Waals surface area contributed by atoms with Crippen molar-refractivity contribution in [2.75, 3.05) is 0 Å². The Morgan fingerprint density at radius 2 is 2.27 bits per heavy atom. The van der Waals surface area contributed by atoms with E-state index >= 15 is 0 Å². The summed E-state index contributed by atoms with van der Waals surface area (Å²) >= 11 is 1.47. The topological polar surface area (TPSA) is 26.0 Å². The van der Waals surface area contributed by atoms with Gasteiger partial charge in [0.1, 0.15) is 0 Å². The molecule has 0 fully saturated rings. The second-order valence-electron chi connectivity index (χ2n) is 3.11. The Bertz CT molecular complexity index is 600. The third kappa shape index (κ3) is 1.34. The lowest BCUT2D eigenvalue weighted by atomic mass is 10.2. The molecule has 0 saturated heterocycles. The van der Waals surface area contributed by atoms with E-state index in [0.717, 1.165) is 10.4 Å². The van der Waals surface area contributed by atoms with Gasteiger partial charge in [0.2, 0.25) is 0 Å². The van der Waals surface area contributed by atoms with Gasteiger partial charge in [-0.05, 0) is 12.1 Å². The summed E-state index contributed by atoms with van der Waals surface area (Å²) in [6.45, 7) is 0. The highest BCUT2D eigenvalue weighted by atomic mass is 32.1. The van der Waals surface area contributed by atoms with Crippen LogP contribution in [-0.2, 0) is 0 Å². The van der Waals surface area contributed by atoms with Crippen LogP contribution in [0.1, 0.15) is 0 Å². The molecule has 15 heavy (non-hydrogen) atoms. The summed E-state index contributed by atoms with van der Waals surface area (Å²) in [5.74, 6) is 0.278. The summed E-state index contributed by atoms with van der Waals surface area (Å²) in [4.78, 5) is 4.11. The van der Waals surface area contributed by atoms with E-state index in [-0.39, 0.29) is 5.82 Å². The fourth-order valence-electron chi connectivity index (χ4n) is 1.48. The summed E-state index contributed by atoms with van der Waals surface area (Å²) in [5.41, 5.74) is 0.294. The van der Waals surface area contributed by atoms with E-state index in [0.29, 0.717) is 11.3 Å². The molecule has 2 heterocycles. The van der Waals surface area contributed by atoms with Gasteiger partial charge in [-0.3, -0.25) is 0 Å². The van der Waals surface area contributed by atoms with Gasteiger partial charge >= 0.3 is 0 Å². The third-order valence-electron chi connectivity index (χ3n) is 2.14. The van der Waals surface area contributed by atoms with Crippen molar-refractivity contribution in [3.8, 4) is 10.8 Å². The number of fused-ring (bicyclic) bond motifs is 1. The third-order valence-corrected chi connectivity index (χ3v) is 2.93. The number of thiazole rings is 1. The van der Waals surface area contributed by atoms with Crippen LogP contribution in [0.25, 0.3) is 21.7 Å². The first-order valence-corrected chi connectivity index (χ1v) is 5.30. The van der Waals surface area contributed by atoms with Crippen LogP contribution in [0.5, 0.6) is 0 Å². The number of halogens is 1. The molecule has 3 aromatic rings. The van der Waals surface area contributed by atoms with Crippen molar-refractivity contribution in [3.63, 3.8) is 0 Å². The molecule has 0 spiro atoms. The van der Waals surface area contributed by atoms with Gasteiger partial charge in [0, 0.05) is 17.0 Å². The van der Waals surface area contributed by atoms with Gasteiger partial charge < -0.3 is 4.42 Å². The second kappa shape index (κ2) is 3.17. The Labute approximate surface area is 89.0 Å². The molecule has 0 radical (unpaired) electrons. The van der Waals surface area contributed by atoms with Crippen molar-refractivity contribution in [2.45, 2.75) is 0 Å². The summed E-state index contributed by atoms with van der Waals surface area (Å²) < 4.78 is 18.7. The van der Waals surface area contributed by atoms with E-state index in [2.05, 4.69) is 4.98 Å². The monoisotopic (exact) mass is 219 g/mol. The molecule has 74 valence electrons. The lowest BCUT2D eigenvalue weighted by molar-refractivity contribution is 0.568. The zero-order valence-electron chi connectivity index (χ0n) is 7.61. The molecule has 0 aliphatic heterocycles. The van der Waals surface area contributed by atoms with E-state index in [4.69, 9.17) is 4.42 Å². The highest BCUT2D eigenvalue weighted by molar-refractivity contribution is 7.13. The molecule has 0 saturated carbocycles. The van der Waals surface area contributed by atoms with Crippen molar-refractivity contribution >= 4 is 22.3 Å². The Hall–Kier alpha value is -1.68. The minimum Gasteiger partial charge on any atom is -0.450 e. The molecule has 0 unspecified atom stereocenters. The highest BCUT2D eigenvalue weighted by Gasteiger charge is 2.10. The molecule has 3 rings (SSSR count). The number of furan rings is 1. The molecule has 4 heteroatoms. The van der Waals surface area contributed by atoms with E-state index < -0.39 is 0 Å². The first-order chi connectivity index (χ1) is 7.34. The number of para-hydroxylation sites is 1. The van der Waals surface area contributed by atoms with Gasteiger partial charge in [-0.1, -0.05) is 12.1 Å². The number of hydrogen-bond donors (Lipinski definition) is 0. The largest absolute Gasteiger partial charge is 0.450 e. The average Bonchev–Trinajstić information content (AvgIpc) is 2.86. The van der Waals surface area contributed by atoms with Gasteiger partial charge in [0.15, 0.2) is 22.2 Å². The van der Waals surface area contributed by atoms with Crippen LogP contribution in [-0.4, -0.2) is 4.98 Å². The lowest BCUT2D eigenvalue weighted by Gasteiger charge is -1.88. The number of benzene rings is 1. The van der Waals surface area contributed by atoms with Crippen LogP contribution in [0.3, 0.4) is 0 Å². The predicted molar refractivity (Wildman–Crippen MR) is 57.3 cm³/mol. The van der Waals surface area contributed by atoms with Crippen molar-refractivity contribution in [3.05, 3.63) is 41.7 Å². The summed E-state index contributed by atoms with van der Waals surface area (Å²) in [7, 11) is 0. The van der Waals surface area contributed by atoms with Crippen LogP contribution in [0.4, 0.5) is 4.39 Å². The minimum atomic E-state index is -0.338. The summed E-state index contributed by atoms with van der Waals surface area (Å²) in [6.07, 6.45) is 1.70. The number of aromatic nitrogens is 1. The van der Waals surface area contributed by atoms with Gasteiger partial charge in [-0.15, -0.1) is 11.3 Å². The maximum absolute atomic E-state index is 13.3. The summed E-state index contributed by atoms with van der Waals surface area (Å²) in [6, 6.07) is 6.67. The fraction of sp³-hybridized carbons (Fsp3) is 0. The molecule has 2 nitrogen and oxygen atoms in total. The van der Waals surface area contributed by atoms with Gasteiger partial charge in [0.25, 0.3) is 0 Å². The lowest BCUT2D eigenvalue weighted by Crippen LogP contribution is -1.71. The smallest absolute Gasteiger partial charge is 0.170 e. The first-order valence-electron chi connectivity index (χ1n) is 4.42. The van der Waals surface area contributed by atoms with Crippen molar-refractivity contribution in [1.82, 2.24) is 4.98 Å². The molecular formula is C11H6FNOS. The van der Waals surface area contributed by atoms with E-state index in [9.17, 15) is 4.39 Å². The molecule has 2 aromatic heterocycles.